The van der Waals surface area contributed by atoms with Crippen LogP contribution in [0.3, 0.4) is 0 Å². The molecule has 2 nitrogen and oxygen atoms in total. The molecule has 1 aliphatic rings. The first-order valence-electron chi connectivity index (χ1n) is 7.65. The highest BCUT2D eigenvalue weighted by Crippen LogP contribution is 2.44. The predicted molar refractivity (Wildman–Crippen MR) is 75.0 cm³/mol. The molecule has 2 heteroatoms. The van der Waals surface area contributed by atoms with Gasteiger partial charge in [-0.15, -0.1) is 0 Å². The molecular formula is C16H29NO. The molecule has 0 aromatic carbocycles. The molecule has 18 heavy (non-hydrogen) atoms. The summed E-state index contributed by atoms with van der Waals surface area (Å²) in [5.41, 5.74) is -0.445. The first-order valence-corrected chi connectivity index (χ1v) is 7.65. The minimum atomic E-state index is -0.445. The molecule has 0 spiro atoms. The predicted octanol–water partition coefficient (Wildman–Crippen LogP) is 4.28. The van der Waals surface area contributed by atoms with Gasteiger partial charge in [0.1, 0.15) is 0 Å². The van der Waals surface area contributed by atoms with Crippen LogP contribution in [-0.2, 0) is 0 Å². The highest BCUT2D eigenvalue weighted by Gasteiger charge is 2.41. The van der Waals surface area contributed by atoms with Crippen LogP contribution in [0.4, 0.5) is 0 Å². The van der Waals surface area contributed by atoms with E-state index >= 15 is 0 Å². The van der Waals surface area contributed by atoms with Gasteiger partial charge < -0.3 is 5.11 Å². The van der Waals surface area contributed by atoms with Crippen molar-refractivity contribution in [2.45, 2.75) is 78.2 Å². The molecule has 1 saturated carbocycles. The number of nitriles is 1. The molecule has 1 N–H and O–H groups in total. The third kappa shape index (κ3) is 3.72. The van der Waals surface area contributed by atoms with E-state index < -0.39 is 11.5 Å². The Morgan fingerprint density at radius 1 is 1.28 bits per heavy atom. The largest absolute Gasteiger partial charge is 0.391 e. The summed E-state index contributed by atoms with van der Waals surface area (Å²) in [7, 11) is 0. The van der Waals surface area contributed by atoms with E-state index in [4.69, 9.17) is 0 Å². The second-order valence-corrected chi connectivity index (χ2v) is 6.36. The van der Waals surface area contributed by atoms with Crippen LogP contribution in [0.25, 0.3) is 0 Å². The van der Waals surface area contributed by atoms with E-state index in [9.17, 15) is 10.4 Å². The highest BCUT2D eigenvalue weighted by molar-refractivity contribution is 5.06. The number of aliphatic hydroxyl groups is 1. The summed E-state index contributed by atoms with van der Waals surface area (Å²) in [6.07, 6.45) is 7.75. The summed E-state index contributed by atoms with van der Waals surface area (Å²) in [5, 5.41) is 19.8. The second kappa shape index (κ2) is 7.14. The number of nitrogens with zero attached hydrogens (tertiary/aromatic N) is 1. The van der Waals surface area contributed by atoms with Crippen molar-refractivity contribution in [2.75, 3.05) is 0 Å². The van der Waals surface area contributed by atoms with Gasteiger partial charge in [-0.1, -0.05) is 40.0 Å². The van der Waals surface area contributed by atoms with Gasteiger partial charge in [-0.25, -0.2) is 0 Å². The molecule has 1 atom stereocenters. The summed E-state index contributed by atoms with van der Waals surface area (Å²) in [6, 6.07) is 2.45. The lowest BCUT2D eigenvalue weighted by molar-refractivity contribution is 0.0135. The summed E-state index contributed by atoms with van der Waals surface area (Å²) in [4.78, 5) is 0. The third-order valence-corrected chi connectivity index (χ3v) is 4.81. The van der Waals surface area contributed by atoms with Crippen molar-refractivity contribution in [1.29, 1.82) is 5.26 Å². The maximum atomic E-state index is 10.4. The molecule has 1 aliphatic carbocycles. The lowest BCUT2D eigenvalue weighted by Gasteiger charge is -2.39. The second-order valence-electron chi connectivity index (χ2n) is 6.36. The van der Waals surface area contributed by atoms with E-state index in [1.807, 2.05) is 0 Å². The topological polar surface area (TPSA) is 44.0 Å². The SMILES string of the molecule is CCCCCC(O)C1(C#N)CCC(C(C)C)CC1. The van der Waals surface area contributed by atoms with Crippen molar-refractivity contribution in [1.82, 2.24) is 0 Å². The number of unbranched alkanes of at least 4 members (excludes halogenated alkanes) is 2. The third-order valence-electron chi connectivity index (χ3n) is 4.81. The van der Waals surface area contributed by atoms with Gasteiger partial charge in [0, 0.05) is 0 Å². The fraction of sp³-hybridized carbons (Fsp3) is 0.938. The first kappa shape index (κ1) is 15.5. The van der Waals surface area contributed by atoms with E-state index in [0.29, 0.717) is 5.92 Å². The molecule has 1 fully saturated rings. The molecule has 0 amide bonds. The van der Waals surface area contributed by atoms with E-state index in [0.717, 1.165) is 50.9 Å². The highest BCUT2D eigenvalue weighted by atomic mass is 16.3. The number of rotatable bonds is 6. The Bertz CT molecular complexity index is 271. The molecule has 0 bridgehead atoms. The van der Waals surface area contributed by atoms with Crippen LogP contribution in [0.5, 0.6) is 0 Å². The van der Waals surface area contributed by atoms with Gasteiger partial charge in [0.05, 0.1) is 17.6 Å². The van der Waals surface area contributed by atoms with Crippen molar-refractivity contribution in [2.24, 2.45) is 17.3 Å². The molecule has 0 aromatic heterocycles. The Kier molecular flexibility index (Phi) is 6.15. The molecule has 0 saturated heterocycles. The van der Waals surface area contributed by atoms with E-state index in [1.165, 1.54) is 6.42 Å². The minimum Gasteiger partial charge on any atom is -0.391 e. The van der Waals surface area contributed by atoms with Crippen molar-refractivity contribution < 1.29 is 5.11 Å². The summed E-state index contributed by atoms with van der Waals surface area (Å²) < 4.78 is 0. The van der Waals surface area contributed by atoms with Gasteiger partial charge in [-0.05, 0) is 43.9 Å². The average molecular weight is 251 g/mol. The van der Waals surface area contributed by atoms with Crippen molar-refractivity contribution >= 4 is 0 Å². The molecule has 104 valence electrons. The van der Waals surface area contributed by atoms with E-state index in [2.05, 4.69) is 26.8 Å². The van der Waals surface area contributed by atoms with Crippen LogP contribution in [0.2, 0.25) is 0 Å². The van der Waals surface area contributed by atoms with Crippen LogP contribution in [-0.4, -0.2) is 11.2 Å². The molecule has 0 aromatic rings. The van der Waals surface area contributed by atoms with Crippen molar-refractivity contribution in [3.63, 3.8) is 0 Å². The van der Waals surface area contributed by atoms with E-state index in [-0.39, 0.29) is 0 Å². The maximum Gasteiger partial charge on any atom is 0.0832 e. The molecule has 0 radical (unpaired) electrons. The van der Waals surface area contributed by atoms with Gasteiger partial charge in [-0.3, -0.25) is 0 Å². The van der Waals surface area contributed by atoms with Crippen LogP contribution in [0, 0.1) is 28.6 Å². The Balaban J connectivity index is 2.52. The normalized spacial score (nSPS) is 30.1. The smallest absolute Gasteiger partial charge is 0.0832 e. The minimum absolute atomic E-state index is 0.415. The first-order chi connectivity index (χ1) is 8.55. The zero-order valence-corrected chi connectivity index (χ0v) is 12.3. The van der Waals surface area contributed by atoms with Gasteiger partial charge in [-0.2, -0.15) is 5.26 Å². The van der Waals surface area contributed by atoms with Crippen LogP contribution in [0.15, 0.2) is 0 Å². The summed E-state index contributed by atoms with van der Waals surface area (Å²) in [5.74, 6) is 1.45. The monoisotopic (exact) mass is 251 g/mol. The zero-order valence-electron chi connectivity index (χ0n) is 12.3. The fourth-order valence-corrected chi connectivity index (χ4v) is 3.21. The van der Waals surface area contributed by atoms with Gasteiger partial charge in [0.25, 0.3) is 0 Å². The zero-order chi connectivity index (χ0) is 13.6. The standard InChI is InChI=1S/C16H29NO/c1-4-5-6-7-15(18)16(12-17)10-8-14(9-11-16)13(2)3/h13-15,18H,4-11H2,1-3H3. The van der Waals surface area contributed by atoms with Crippen molar-refractivity contribution in [3.05, 3.63) is 0 Å². The molecule has 0 aliphatic heterocycles. The lowest BCUT2D eigenvalue weighted by Crippen LogP contribution is -2.38. The Labute approximate surface area is 112 Å². The van der Waals surface area contributed by atoms with Gasteiger partial charge >= 0.3 is 0 Å². The number of aliphatic hydroxyl groups excluding tert-OH is 1. The Morgan fingerprint density at radius 2 is 1.89 bits per heavy atom. The van der Waals surface area contributed by atoms with Crippen molar-refractivity contribution in [3.8, 4) is 6.07 Å². The van der Waals surface area contributed by atoms with E-state index in [1.54, 1.807) is 0 Å². The lowest BCUT2D eigenvalue weighted by atomic mass is 9.65. The number of hydrogen-bond donors (Lipinski definition) is 1. The van der Waals surface area contributed by atoms with Gasteiger partial charge in [0.15, 0.2) is 0 Å². The van der Waals surface area contributed by atoms with Crippen LogP contribution >= 0.6 is 0 Å². The number of hydrogen-bond acceptors (Lipinski definition) is 2. The summed E-state index contributed by atoms with van der Waals surface area (Å²) in [6.45, 7) is 6.70. The van der Waals surface area contributed by atoms with Gasteiger partial charge in [0.2, 0.25) is 0 Å². The average Bonchev–Trinajstić information content (AvgIpc) is 2.38. The summed E-state index contributed by atoms with van der Waals surface area (Å²) >= 11 is 0. The molecule has 0 heterocycles. The molecular weight excluding hydrogens is 222 g/mol. The Morgan fingerprint density at radius 3 is 2.33 bits per heavy atom. The molecule has 1 unspecified atom stereocenters. The molecule has 1 rings (SSSR count). The quantitative estimate of drug-likeness (QED) is 0.716. The Hall–Kier alpha value is -0.550. The fourth-order valence-electron chi connectivity index (χ4n) is 3.21. The van der Waals surface area contributed by atoms with Crippen LogP contribution in [0.1, 0.15) is 72.1 Å². The maximum absolute atomic E-state index is 10.4. The van der Waals surface area contributed by atoms with Crippen LogP contribution < -0.4 is 0 Å².